The first-order valence-electron chi connectivity index (χ1n) is 10.0. The number of pyridine rings is 1. The Bertz CT molecular complexity index is 1190. The van der Waals surface area contributed by atoms with Crippen LogP contribution in [-0.4, -0.2) is 62.0 Å². The fraction of sp³-hybridized carbons (Fsp3) is 0.350. The zero-order valence-corrected chi connectivity index (χ0v) is 18.4. The van der Waals surface area contributed by atoms with Crippen molar-refractivity contribution in [3.8, 4) is 11.5 Å². The van der Waals surface area contributed by atoms with Crippen LogP contribution in [0.5, 0.6) is 0 Å². The molecule has 0 bridgehead atoms. The average Bonchev–Trinajstić information content (AvgIpc) is 3.40. The Hall–Kier alpha value is -3.48. The summed E-state index contributed by atoms with van der Waals surface area (Å²) >= 11 is 6.15. The van der Waals surface area contributed by atoms with Crippen LogP contribution in [0.3, 0.4) is 0 Å². The first-order valence-corrected chi connectivity index (χ1v) is 10.4. The van der Waals surface area contributed by atoms with E-state index in [0.29, 0.717) is 37.4 Å². The van der Waals surface area contributed by atoms with E-state index in [9.17, 15) is 14.7 Å². The van der Waals surface area contributed by atoms with Crippen molar-refractivity contribution in [2.45, 2.75) is 18.4 Å². The number of ether oxygens (including phenoxy) is 1. The zero-order chi connectivity index (χ0) is 23.6. The normalized spacial score (nSPS) is 15.2. The number of hydrogen-bond donors (Lipinski definition) is 4. The molecule has 2 amide bonds. The number of carbonyl (C=O) groups is 2. The van der Waals surface area contributed by atoms with Crippen molar-refractivity contribution in [2.75, 3.05) is 30.4 Å². The number of hydrogen-bond acceptors (Lipinski definition) is 9. The minimum atomic E-state index is -0.896. The standard InChI is InChI=1S/C20H22ClN7O5/c1-28-8-12(16(27-28)17(22)29)24-18(30)13-9-33-19(25-13)11-6-14(21)26-15(7-11)23-10-20(31)2-4-32-5-3-20/h6-9,31H,2-5,10H2,1H3,(H2,22,29)(H,23,26)(H,24,30). The summed E-state index contributed by atoms with van der Waals surface area (Å²) in [5.41, 5.74) is 4.93. The number of amides is 2. The molecule has 0 aromatic carbocycles. The van der Waals surface area contributed by atoms with Gasteiger partial charge in [0.25, 0.3) is 11.8 Å². The molecule has 33 heavy (non-hydrogen) atoms. The van der Waals surface area contributed by atoms with Crippen LogP contribution in [0.2, 0.25) is 5.15 Å². The molecule has 1 fully saturated rings. The molecule has 0 aliphatic carbocycles. The maximum absolute atomic E-state index is 12.6. The third kappa shape index (κ3) is 5.30. The van der Waals surface area contributed by atoms with Crippen molar-refractivity contribution >= 4 is 34.9 Å². The highest BCUT2D eigenvalue weighted by molar-refractivity contribution is 6.29. The number of nitrogens with one attached hydrogen (secondary N) is 2. The van der Waals surface area contributed by atoms with Gasteiger partial charge in [0.05, 0.1) is 11.3 Å². The Morgan fingerprint density at radius 2 is 2.06 bits per heavy atom. The van der Waals surface area contributed by atoms with Crippen molar-refractivity contribution in [1.29, 1.82) is 0 Å². The molecule has 0 radical (unpaired) electrons. The lowest BCUT2D eigenvalue weighted by Gasteiger charge is -2.32. The zero-order valence-electron chi connectivity index (χ0n) is 17.7. The summed E-state index contributed by atoms with van der Waals surface area (Å²) in [6, 6.07) is 3.18. The van der Waals surface area contributed by atoms with Crippen molar-refractivity contribution in [3.05, 3.63) is 41.1 Å². The second-order valence-electron chi connectivity index (χ2n) is 7.68. The van der Waals surface area contributed by atoms with Crippen LogP contribution in [-0.2, 0) is 11.8 Å². The molecule has 0 atom stereocenters. The lowest BCUT2D eigenvalue weighted by Crippen LogP contribution is -2.42. The predicted octanol–water partition coefficient (Wildman–Crippen LogP) is 1.43. The van der Waals surface area contributed by atoms with Gasteiger partial charge in [0, 0.05) is 51.4 Å². The van der Waals surface area contributed by atoms with E-state index in [0.717, 1.165) is 0 Å². The van der Waals surface area contributed by atoms with E-state index < -0.39 is 17.4 Å². The van der Waals surface area contributed by atoms with Gasteiger partial charge in [-0.15, -0.1) is 0 Å². The highest BCUT2D eigenvalue weighted by Crippen LogP contribution is 2.26. The number of rotatable bonds is 7. The number of nitrogens with zero attached hydrogens (tertiary/aromatic N) is 4. The number of oxazole rings is 1. The van der Waals surface area contributed by atoms with Gasteiger partial charge >= 0.3 is 0 Å². The topological polar surface area (TPSA) is 170 Å². The lowest BCUT2D eigenvalue weighted by atomic mass is 9.94. The second-order valence-corrected chi connectivity index (χ2v) is 8.06. The average molecular weight is 476 g/mol. The van der Waals surface area contributed by atoms with Crippen LogP contribution in [0.25, 0.3) is 11.5 Å². The van der Waals surface area contributed by atoms with Gasteiger partial charge < -0.3 is 30.6 Å². The molecule has 0 unspecified atom stereocenters. The quantitative estimate of drug-likeness (QED) is 0.369. The molecule has 0 saturated carbocycles. The molecule has 1 aliphatic heterocycles. The molecular weight excluding hydrogens is 454 g/mol. The van der Waals surface area contributed by atoms with Crippen LogP contribution < -0.4 is 16.4 Å². The Balaban J connectivity index is 1.49. The summed E-state index contributed by atoms with van der Waals surface area (Å²) in [6.07, 6.45) is 3.66. The first-order chi connectivity index (χ1) is 15.7. The number of anilines is 2. The summed E-state index contributed by atoms with van der Waals surface area (Å²) in [7, 11) is 1.59. The Kier molecular flexibility index (Phi) is 6.31. The van der Waals surface area contributed by atoms with Crippen LogP contribution in [0.4, 0.5) is 11.5 Å². The number of carbonyl (C=O) groups excluding carboxylic acids is 2. The fourth-order valence-corrected chi connectivity index (χ4v) is 3.56. The molecule has 174 valence electrons. The van der Waals surface area contributed by atoms with E-state index in [1.54, 1.807) is 13.1 Å². The van der Waals surface area contributed by atoms with Crippen LogP contribution >= 0.6 is 11.6 Å². The molecule has 4 heterocycles. The highest BCUT2D eigenvalue weighted by atomic mass is 35.5. The molecule has 5 N–H and O–H groups in total. The summed E-state index contributed by atoms with van der Waals surface area (Å²) in [6.45, 7) is 1.26. The summed E-state index contributed by atoms with van der Waals surface area (Å²) in [5, 5.41) is 20.3. The van der Waals surface area contributed by atoms with Crippen LogP contribution in [0.1, 0.15) is 33.8 Å². The van der Waals surface area contributed by atoms with Crippen molar-refractivity contribution in [1.82, 2.24) is 19.7 Å². The number of aliphatic hydroxyl groups is 1. The largest absolute Gasteiger partial charge is 0.444 e. The van der Waals surface area contributed by atoms with Gasteiger partial charge in [0.2, 0.25) is 5.89 Å². The predicted molar refractivity (Wildman–Crippen MR) is 118 cm³/mol. The molecule has 12 nitrogen and oxygen atoms in total. The number of aromatic nitrogens is 4. The molecule has 1 saturated heterocycles. The first kappa shape index (κ1) is 22.7. The molecule has 0 spiro atoms. The van der Waals surface area contributed by atoms with Gasteiger partial charge in [-0.25, -0.2) is 9.97 Å². The summed E-state index contributed by atoms with van der Waals surface area (Å²) in [5.74, 6) is -0.828. The highest BCUT2D eigenvalue weighted by Gasteiger charge is 2.29. The summed E-state index contributed by atoms with van der Waals surface area (Å²) < 4.78 is 12.1. The minimum absolute atomic E-state index is 0.0248. The van der Waals surface area contributed by atoms with E-state index in [2.05, 4.69) is 25.7 Å². The molecule has 1 aliphatic rings. The number of halogens is 1. The van der Waals surface area contributed by atoms with Gasteiger partial charge in [0.15, 0.2) is 11.4 Å². The molecular formula is C20H22ClN7O5. The Labute approximate surface area is 193 Å². The fourth-order valence-electron chi connectivity index (χ4n) is 3.35. The molecule has 3 aromatic rings. The summed E-state index contributed by atoms with van der Waals surface area (Å²) in [4.78, 5) is 32.5. The van der Waals surface area contributed by atoms with Crippen LogP contribution in [0.15, 0.2) is 29.0 Å². The second kappa shape index (κ2) is 9.17. The number of primary amides is 1. The molecule has 13 heteroatoms. The van der Waals surface area contributed by atoms with E-state index in [-0.39, 0.29) is 34.7 Å². The van der Waals surface area contributed by atoms with Gasteiger partial charge in [-0.05, 0) is 12.1 Å². The monoisotopic (exact) mass is 475 g/mol. The van der Waals surface area contributed by atoms with Crippen molar-refractivity contribution in [2.24, 2.45) is 12.8 Å². The Morgan fingerprint density at radius 3 is 2.79 bits per heavy atom. The van der Waals surface area contributed by atoms with E-state index in [1.165, 1.54) is 23.2 Å². The Morgan fingerprint density at radius 1 is 1.30 bits per heavy atom. The van der Waals surface area contributed by atoms with Gasteiger partial charge in [-0.3, -0.25) is 14.3 Å². The maximum atomic E-state index is 12.6. The van der Waals surface area contributed by atoms with Crippen LogP contribution in [0, 0.1) is 0 Å². The maximum Gasteiger partial charge on any atom is 0.277 e. The van der Waals surface area contributed by atoms with Gasteiger partial charge in [-0.2, -0.15) is 5.10 Å². The SMILES string of the molecule is Cn1cc(NC(=O)c2coc(-c3cc(Cl)nc(NCC4(O)CCOCC4)c3)n2)c(C(N)=O)n1. The number of aryl methyl sites for hydroxylation is 1. The van der Waals surface area contributed by atoms with Gasteiger partial charge in [0.1, 0.15) is 17.2 Å². The molecule has 4 rings (SSSR count). The van der Waals surface area contributed by atoms with Gasteiger partial charge in [-0.1, -0.05) is 11.6 Å². The van der Waals surface area contributed by atoms with Crippen molar-refractivity contribution < 1.29 is 23.8 Å². The molecule has 3 aromatic heterocycles. The van der Waals surface area contributed by atoms with E-state index in [4.69, 9.17) is 26.5 Å². The van der Waals surface area contributed by atoms with E-state index in [1.807, 2.05) is 0 Å². The third-order valence-electron chi connectivity index (χ3n) is 5.11. The number of nitrogens with two attached hydrogens (primary N) is 1. The lowest BCUT2D eigenvalue weighted by molar-refractivity contribution is -0.0543. The van der Waals surface area contributed by atoms with E-state index >= 15 is 0 Å². The van der Waals surface area contributed by atoms with Crippen molar-refractivity contribution in [3.63, 3.8) is 0 Å². The smallest absolute Gasteiger partial charge is 0.277 e. The third-order valence-corrected chi connectivity index (χ3v) is 5.30. The minimum Gasteiger partial charge on any atom is -0.444 e.